The predicted octanol–water partition coefficient (Wildman–Crippen LogP) is 1.44. The quantitative estimate of drug-likeness (QED) is 0.580. The van der Waals surface area contributed by atoms with E-state index in [4.69, 9.17) is 11.6 Å². The molecule has 0 unspecified atom stereocenters. The number of aromatic nitrogens is 6. The van der Waals surface area contributed by atoms with Crippen molar-refractivity contribution in [1.82, 2.24) is 30.8 Å². The van der Waals surface area contributed by atoms with E-state index in [1.807, 2.05) is 6.07 Å². The second-order valence-electron chi connectivity index (χ2n) is 4.27. The van der Waals surface area contributed by atoms with Crippen LogP contribution in [-0.4, -0.2) is 43.0 Å². The predicted molar refractivity (Wildman–Crippen MR) is 77.7 cm³/mol. The monoisotopic (exact) mass is 305 g/mol. The Bertz CT molecular complexity index is 753. The first kappa shape index (κ1) is 13.5. The Morgan fingerprint density at radius 3 is 2.81 bits per heavy atom. The molecule has 3 aromatic rings. The summed E-state index contributed by atoms with van der Waals surface area (Å²) in [6, 6.07) is 5.39. The van der Waals surface area contributed by atoms with E-state index in [1.165, 1.54) is 0 Å². The molecule has 0 radical (unpaired) electrons. The van der Waals surface area contributed by atoms with E-state index in [0.29, 0.717) is 27.9 Å². The minimum atomic E-state index is -0.110. The topological polar surface area (TPSA) is 115 Å². The fourth-order valence-corrected chi connectivity index (χ4v) is 2.30. The highest BCUT2D eigenvalue weighted by Gasteiger charge is 2.19. The third kappa shape index (κ3) is 2.34. The Morgan fingerprint density at radius 1 is 1.33 bits per heavy atom. The van der Waals surface area contributed by atoms with Crippen LogP contribution in [0.25, 0.3) is 22.6 Å². The van der Waals surface area contributed by atoms with Crippen molar-refractivity contribution in [2.45, 2.75) is 6.61 Å². The first-order valence-corrected chi connectivity index (χ1v) is 6.52. The summed E-state index contributed by atoms with van der Waals surface area (Å²) in [5.74, 6) is 1.05. The van der Waals surface area contributed by atoms with Crippen LogP contribution in [0.15, 0.2) is 18.2 Å². The number of hydrogen-bond donors (Lipinski definition) is 4. The standard InChI is InChI=1S/C12H12ClN7O/c1-14-11-9(6-2-3-7(5-21)8(13)4-6)10(15-16-11)12-17-19-20-18-12/h2-4,21H,5H2,1H3,(H2,14,15,16)(H,17,18,19,20). The fourth-order valence-electron chi connectivity index (χ4n) is 2.06. The molecule has 8 nitrogen and oxygen atoms in total. The van der Waals surface area contributed by atoms with Crippen LogP contribution in [0.1, 0.15) is 5.56 Å². The zero-order chi connectivity index (χ0) is 14.8. The van der Waals surface area contributed by atoms with E-state index in [-0.39, 0.29) is 6.61 Å². The lowest BCUT2D eigenvalue weighted by Crippen LogP contribution is -1.93. The van der Waals surface area contributed by atoms with Gasteiger partial charge in [-0.25, -0.2) is 0 Å². The van der Waals surface area contributed by atoms with Crippen molar-refractivity contribution in [2.24, 2.45) is 0 Å². The Balaban J connectivity index is 2.17. The van der Waals surface area contributed by atoms with Crippen LogP contribution in [0.2, 0.25) is 5.02 Å². The van der Waals surface area contributed by atoms with Gasteiger partial charge >= 0.3 is 0 Å². The molecule has 0 saturated heterocycles. The smallest absolute Gasteiger partial charge is 0.223 e. The van der Waals surface area contributed by atoms with Crippen LogP contribution in [-0.2, 0) is 6.61 Å². The Labute approximate surface area is 124 Å². The molecule has 2 heterocycles. The summed E-state index contributed by atoms with van der Waals surface area (Å²) in [6.07, 6.45) is 0. The second kappa shape index (κ2) is 5.51. The van der Waals surface area contributed by atoms with Crippen molar-refractivity contribution in [3.63, 3.8) is 0 Å². The van der Waals surface area contributed by atoms with Gasteiger partial charge in [-0.2, -0.15) is 10.3 Å². The van der Waals surface area contributed by atoms with Gasteiger partial charge in [-0.15, -0.1) is 10.2 Å². The van der Waals surface area contributed by atoms with Gasteiger partial charge in [0.15, 0.2) is 5.82 Å². The molecule has 0 spiro atoms. The maximum absolute atomic E-state index is 9.20. The Hall–Kier alpha value is -2.45. The molecule has 9 heteroatoms. The molecule has 0 bridgehead atoms. The van der Waals surface area contributed by atoms with Crippen molar-refractivity contribution in [3.8, 4) is 22.6 Å². The van der Waals surface area contributed by atoms with Crippen LogP contribution < -0.4 is 5.32 Å². The molecule has 21 heavy (non-hydrogen) atoms. The largest absolute Gasteiger partial charge is 0.392 e. The maximum atomic E-state index is 9.20. The molecule has 0 fully saturated rings. The molecule has 0 aliphatic carbocycles. The van der Waals surface area contributed by atoms with Gasteiger partial charge < -0.3 is 10.4 Å². The molecule has 0 aliphatic heterocycles. The normalized spacial score (nSPS) is 10.8. The number of aliphatic hydroxyl groups excluding tert-OH is 1. The minimum Gasteiger partial charge on any atom is -0.392 e. The number of aromatic amines is 2. The van der Waals surface area contributed by atoms with Crippen molar-refractivity contribution < 1.29 is 5.11 Å². The summed E-state index contributed by atoms with van der Waals surface area (Å²) in [7, 11) is 1.77. The van der Waals surface area contributed by atoms with Crippen molar-refractivity contribution in [3.05, 3.63) is 28.8 Å². The fraction of sp³-hybridized carbons (Fsp3) is 0.167. The molecule has 1 aromatic carbocycles. The van der Waals surface area contributed by atoms with Crippen LogP contribution in [0.5, 0.6) is 0 Å². The number of hydrogen-bond acceptors (Lipinski definition) is 6. The first-order chi connectivity index (χ1) is 10.2. The number of nitrogens with one attached hydrogen (secondary N) is 3. The van der Waals surface area contributed by atoms with Gasteiger partial charge in [0.25, 0.3) is 0 Å². The molecule has 0 aliphatic rings. The van der Waals surface area contributed by atoms with E-state index in [1.54, 1.807) is 19.2 Å². The average Bonchev–Trinajstić information content (AvgIpc) is 3.15. The zero-order valence-corrected chi connectivity index (χ0v) is 11.8. The number of anilines is 1. The summed E-state index contributed by atoms with van der Waals surface area (Å²) in [4.78, 5) is 0. The van der Waals surface area contributed by atoms with Gasteiger partial charge in [-0.1, -0.05) is 23.7 Å². The molecular formula is C12H12ClN7O. The minimum absolute atomic E-state index is 0.110. The SMILES string of the molecule is CNc1n[nH]c(-c2nn[nH]n2)c1-c1ccc(CO)c(Cl)c1. The third-order valence-corrected chi connectivity index (χ3v) is 3.44. The van der Waals surface area contributed by atoms with Crippen LogP contribution >= 0.6 is 11.6 Å². The molecule has 2 aromatic heterocycles. The number of halogens is 1. The summed E-state index contributed by atoms with van der Waals surface area (Å²) in [5, 5.41) is 33.6. The maximum Gasteiger partial charge on any atom is 0.223 e. The molecule has 0 saturated carbocycles. The summed E-state index contributed by atoms with van der Waals surface area (Å²) in [6.45, 7) is -0.110. The van der Waals surface area contributed by atoms with E-state index in [0.717, 1.165) is 11.1 Å². The molecule has 108 valence electrons. The number of benzene rings is 1. The highest BCUT2D eigenvalue weighted by Crippen LogP contribution is 2.36. The molecular weight excluding hydrogens is 294 g/mol. The number of H-pyrrole nitrogens is 2. The highest BCUT2D eigenvalue weighted by molar-refractivity contribution is 6.31. The Kier molecular flexibility index (Phi) is 3.55. The average molecular weight is 306 g/mol. The van der Waals surface area contributed by atoms with E-state index < -0.39 is 0 Å². The van der Waals surface area contributed by atoms with Gasteiger partial charge in [0, 0.05) is 12.1 Å². The summed E-state index contributed by atoms with van der Waals surface area (Å²) >= 11 is 6.16. The van der Waals surface area contributed by atoms with E-state index >= 15 is 0 Å². The van der Waals surface area contributed by atoms with Gasteiger partial charge in [0.05, 0.1) is 12.2 Å². The van der Waals surface area contributed by atoms with Crippen molar-refractivity contribution in [1.29, 1.82) is 0 Å². The summed E-state index contributed by atoms with van der Waals surface area (Å²) < 4.78 is 0. The van der Waals surface area contributed by atoms with E-state index in [2.05, 4.69) is 36.1 Å². The van der Waals surface area contributed by atoms with Gasteiger partial charge in [0.1, 0.15) is 5.69 Å². The number of nitrogens with zero attached hydrogens (tertiary/aromatic N) is 4. The van der Waals surface area contributed by atoms with Crippen LogP contribution in [0.4, 0.5) is 5.82 Å². The van der Waals surface area contributed by atoms with Gasteiger partial charge in [-0.3, -0.25) is 5.10 Å². The van der Waals surface area contributed by atoms with Crippen molar-refractivity contribution in [2.75, 3.05) is 12.4 Å². The lowest BCUT2D eigenvalue weighted by Gasteiger charge is -2.07. The van der Waals surface area contributed by atoms with Gasteiger partial charge in [-0.05, 0) is 22.4 Å². The first-order valence-electron chi connectivity index (χ1n) is 6.14. The Morgan fingerprint density at radius 2 is 2.19 bits per heavy atom. The summed E-state index contributed by atoms with van der Waals surface area (Å²) in [5.41, 5.74) is 2.90. The number of aliphatic hydroxyl groups is 1. The van der Waals surface area contributed by atoms with E-state index in [9.17, 15) is 5.11 Å². The van der Waals surface area contributed by atoms with Crippen molar-refractivity contribution >= 4 is 17.4 Å². The molecule has 0 atom stereocenters. The lowest BCUT2D eigenvalue weighted by atomic mass is 10.0. The second-order valence-corrected chi connectivity index (χ2v) is 4.68. The lowest BCUT2D eigenvalue weighted by molar-refractivity contribution is 0.282. The number of rotatable bonds is 4. The van der Waals surface area contributed by atoms with Crippen LogP contribution in [0, 0.1) is 0 Å². The van der Waals surface area contributed by atoms with Crippen LogP contribution in [0.3, 0.4) is 0 Å². The number of tetrazole rings is 1. The zero-order valence-electron chi connectivity index (χ0n) is 11.1. The molecule has 0 amide bonds. The molecule has 3 rings (SSSR count). The molecule has 4 N–H and O–H groups in total. The highest BCUT2D eigenvalue weighted by atomic mass is 35.5. The third-order valence-electron chi connectivity index (χ3n) is 3.08. The van der Waals surface area contributed by atoms with Gasteiger partial charge in [0.2, 0.25) is 5.82 Å².